The molecule has 222 valence electrons. The van der Waals surface area contributed by atoms with Gasteiger partial charge >= 0.3 is 0 Å². The second-order valence-electron chi connectivity index (χ2n) is 12.9. The maximum atomic E-state index is 6.62. The molecule has 0 aliphatic carbocycles. The molecule has 0 saturated carbocycles. The number of fused-ring (bicyclic) bond motifs is 7. The van der Waals surface area contributed by atoms with E-state index in [-0.39, 0.29) is 0 Å². The Balaban J connectivity index is 1.18. The van der Waals surface area contributed by atoms with Crippen LogP contribution < -0.4 is 0 Å². The normalized spacial score (nSPS) is 12.2. The fourth-order valence-corrected chi connectivity index (χ4v) is 8.23. The molecule has 0 radical (unpaired) electrons. The molecule has 2 heteroatoms. The van der Waals surface area contributed by atoms with E-state index in [1.54, 1.807) is 0 Å². The SMILES string of the molecule is c1ccc(-c2ccc3ccc4c(-c5cccc(-n6c7ccccc7c7ccc8c9ccccc9oc8c76)c5)ccc5ccc2c3c54)cc1. The Hall–Kier alpha value is -6.38. The second-order valence-corrected chi connectivity index (χ2v) is 12.9. The van der Waals surface area contributed by atoms with Crippen LogP contribution in [-0.2, 0) is 0 Å². The van der Waals surface area contributed by atoms with Crippen LogP contribution in [0.25, 0.3) is 104 Å². The van der Waals surface area contributed by atoms with E-state index in [1.807, 2.05) is 6.07 Å². The molecule has 11 aromatic rings. The summed E-state index contributed by atoms with van der Waals surface area (Å²) in [6.45, 7) is 0. The Morgan fingerprint density at radius 3 is 1.79 bits per heavy atom. The first-order chi connectivity index (χ1) is 23.8. The number of hydrogen-bond donors (Lipinski definition) is 0. The van der Waals surface area contributed by atoms with Crippen molar-refractivity contribution in [2.24, 2.45) is 0 Å². The van der Waals surface area contributed by atoms with Gasteiger partial charge in [0.15, 0.2) is 5.58 Å². The zero-order valence-corrected chi connectivity index (χ0v) is 25.9. The maximum absolute atomic E-state index is 6.62. The van der Waals surface area contributed by atoms with Gasteiger partial charge in [-0.1, -0.05) is 133 Å². The zero-order valence-electron chi connectivity index (χ0n) is 25.9. The molecule has 0 spiro atoms. The zero-order chi connectivity index (χ0) is 31.3. The van der Waals surface area contributed by atoms with Crippen LogP contribution in [0, 0.1) is 0 Å². The van der Waals surface area contributed by atoms with E-state index in [1.165, 1.54) is 70.9 Å². The van der Waals surface area contributed by atoms with Gasteiger partial charge in [-0.2, -0.15) is 0 Å². The fourth-order valence-electron chi connectivity index (χ4n) is 8.23. The van der Waals surface area contributed by atoms with E-state index in [9.17, 15) is 0 Å². The Morgan fingerprint density at radius 1 is 0.396 bits per heavy atom. The Labute approximate surface area is 276 Å². The minimum Gasteiger partial charge on any atom is -0.454 e. The third-order valence-electron chi connectivity index (χ3n) is 10.3. The summed E-state index contributed by atoms with van der Waals surface area (Å²) in [5, 5.41) is 12.5. The molecule has 0 aliphatic rings. The quantitative estimate of drug-likeness (QED) is 0.182. The van der Waals surface area contributed by atoms with Crippen LogP contribution in [0.1, 0.15) is 0 Å². The molecule has 0 amide bonds. The minimum atomic E-state index is 0.912. The van der Waals surface area contributed by atoms with Crippen molar-refractivity contribution in [1.29, 1.82) is 0 Å². The van der Waals surface area contributed by atoms with Gasteiger partial charge in [-0.3, -0.25) is 0 Å². The Kier molecular flexibility index (Phi) is 5.14. The van der Waals surface area contributed by atoms with Gasteiger partial charge in [0.1, 0.15) is 5.58 Å². The molecule has 0 saturated heterocycles. The highest BCUT2D eigenvalue weighted by Crippen LogP contribution is 2.44. The molecule has 48 heavy (non-hydrogen) atoms. The highest BCUT2D eigenvalue weighted by atomic mass is 16.3. The van der Waals surface area contributed by atoms with Crippen molar-refractivity contribution in [1.82, 2.24) is 4.57 Å². The summed E-state index contributed by atoms with van der Waals surface area (Å²) in [6.07, 6.45) is 0. The first-order valence-electron chi connectivity index (χ1n) is 16.5. The Morgan fingerprint density at radius 2 is 1.00 bits per heavy atom. The summed E-state index contributed by atoms with van der Waals surface area (Å²) in [6, 6.07) is 59.5. The van der Waals surface area contributed by atoms with Crippen LogP contribution in [-0.4, -0.2) is 4.57 Å². The molecule has 2 heterocycles. The van der Waals surface area contributed by atoms with Crippen molar-refractivity contribution in [2.75, 3.05) is 0 Å². The topological polar surface area (TPSA) is 18.1 Å². The molecule has 0 atom stereocenters. The average Bonchev–Trinajstić information content (AvgIpc) is 3.70. The Bertz CT molecular complexity index is 3050. The van der Waals surface area contributed by atoms with Gasteiger partial charge in [0.25, 0.3) is 0 Å². The largest absolute Gasteiger partial charge is 0.454 e. The predicted octanol–water partition coefficient (Wildman–Crippen LogP) is 12.9. The predicted molar refractivity (Wildman–Crippen MR) is 203 cm³/mol. The van der Waals surface area contributed by atoms with Crippen LogP contribution in [0.2, 0.25) is 0 Å². The van der Waals surface area contributed by atoms with E-state index < -0.39 is 0 Å². The number of aromatic nitrogens is 1. The summed E-state index contributed by atoms with van der Waals surface area (Å²) in [5.74, 6) is 0. The number of para-hydroxylation sites is 2. The highest BCUT2D eigenvalue weighted by molar-refractivity contribution is 6.28. The number of hydrogen-bond acceptors (Lipinski definition) is 1. The number of benzene rings is 9. The first-order valence-corrected chi connectivity index (χ1v) is 16.5. The van der Waals surface area contributed by atoms with Gasteiger partial charge < -0.3 is 8.98 Å². The van der Waals surface area contributed by atoms with Crippen LogP contribution in [0.4, 0.5) is 0 Å². The third kappa shape index (κ3) is 3.46. The lowest BCUT2D eigenvalue weighted by molar-refractivity contribution is 0.671. The molecule has 0 unspecified atom stereocenters. The third-order valence-corrected chi connectivity index (χ3v) is 10.3. The minimum absolute atomic E-state index is 0.912. The van der Waals surface area contributed by atoms with Crippen molar-refractivity contribution >= 4 is 76.1 Å². The summed E-state index contributed by atoms with van der Waals surface area (Å²) in [5.41, 5.74) is 10.2. The molecule has 0 bridgehead atoms. The average molecular weight is 610 g/mol. The molecule has 2 nitrogen and oxygen atoms in total. The van der Waals surface area contributed by atoms with Crippen molar-refractivity contribution in [3.8, 4) is 27.9 Å². The molecule has 9 aromatic carbocycles. The van der Waals surface area contributed by atoms with Crippen LogP contribution in [0.3, 0.4) is 0 Å². The first kappa shape index (κ1) is 25.8. The van der Waals surface area contributed by atoms with Gasteiger partial charge in [-0.05, 0) is 84.9 Å². The van der Waals surface area contributed by atoms with E-state index in [0.717, 1.165) is 33.1 Å². The molecular weight excluding hydrogens is 583 g/mol. The summed E-state index contributed by atoms with van der Waals surface area (Å²) in [4.78, 5) is 0. The molecule has 2 aromatic heterocycles. The van der Waals surface area contributed by atoms with Crippen LogP contribution in [0.15, 0.2) is 168 Å². The van der Waals surface area contributed by atoms with E-state index in [0.29, 0.717) is 0 Å². The smallest absolute Gasteiger partial charge is 0.160 e. The maximum Gasteiger partial charge on any atom is 0.160 e. The molecular formula is C46H27NO. The fraction of sp³-hybridized carbons (Fsp3) is 0. The highest BCUT2D eigenvalue weighted by Gasteiger charge is 2.20. The number of nitrogens with zero attached hydrogens (tertiary/aromatic N) is 1. The van der Waals surface area contributed by atoms with E-state index >= 15 is 0 Å². The standard InChI is InChI=1S/C46H27NO/c1-2-9-28(10-3-1)33-21-17-29-20-24-38-34(22-18-30-19-23-37(33)43(29)44(30)38)31-11-8-12-32(27-31)47-41-15-6-4-13-35(41)39-25-26-40-36-14-5-7-16-42(36)48-46(40)45(39)47/h1-27H. The summed E-state index contributed by atoms with van der Waals surface area (Å²) in [7, 11) is 0. The van der Waals surface area contributed by atoms with Crippen molar-refractivity contribution in [2.45, 2.75) is 0 Å². The van der Waals surface area contributed by atoms with Gasteiger partial charge in [0.2, 0.25) is 0 Å². The van der Waals surface area contributed by atoms with Gasteiger partial charge in [0.05, 0.1) is 11.0 Å². The van der Waals surface area contributed by atoms with Crippen molar-refractivity contribution in [3.63, 3.8) is 0 Å². The van der Waals surface area contributed by atoms with E-state index in [2.05, 4.69) is 162 Å². The molecule has 0 fully saturated rings. The summed E-state index contributed by atoms with van der Waals surface area (Å²) >= 11 is 0. The lowest BCUT2D eigenvalue weighted by Gasteiger charge is -2.17. The van der Waals surface area contributed by atoms with Crippen molar-refractivity contribution < 1.29 is 4.42 Å². The van der Waals surface area contributed by atoms with E-state index in [4.69, 9.17) is 4.42 Å². The van der Waals surface area contributed by atoms with Crippen molar-refractivity contribution in [3.05, 3.63) is 164 Å². The lowest BCUT2D eigenvalue weighted by Crippen LogP contribution is -1.95. The monoisotopic (exact) mass is 609 g/mol. The van der Waals surface area contributed by atoms with Crippen LogP contribution in [0.5, 0.6) is 0 Å². The summed E-state index contributed by atoms with van der Waals surface area (Å²) < 4.78 is 9.01. The lowest BCUT2D eigenvalue weighted by atomic mass is 9.87. The van der Waals surface area contributed by atoms with Crippen LogP contribution >= 0.6 is 0 Å². The molecule has 0 N–H and O–H groups in total. The van der Waals surface area contributed by atoms with Gasteiger partial charge in [0, 0.05) is 27.2 Å². The second kappa shape index (κ2) is 9.57. The number of furan rings is 1. The van der Waals surface area contributed by atoms with Gasteiger partial charge in [-0.25, -0.2) is 0 Å². The number of rotatable bonds is 3. The molecule has 0 aliphatic heterocycles. The molecule has 11 rings (SSSR count). The van der Waals surface area contributed by atoms with Gasteiger partial charge in [-0.15, -0.1) is 0 Å².